The Morgan fingerprint density at radius 1 is 1.10 bits per heavy atom. The number of halogens is 4. The number of ether oxygens (including phenoxy) is 1. The van der Waals surface area contributed by atoms with Gasteiger partial charge in [0.25, 0.3) is 0 Å². The third-order valence-electron chi connectivity index (χ3n) is 2.66. The first-order chi connectivity index (χ1) is 9.38. The molecule has 2 aromatic rings. The Balaban J connectivity index is 2.42. The van der Waals surface area contributed by atoms with Crippen molar-refractivity contribution in [3.8, 4) is 11.6 Å². The number of benzene rings is 1. The van der Waals surface area contributed by atoms with Gasteiger partial charge in [0.1, 0.15) is 10.8 Å². The second kappa shape index (κ2) is 6.52. The van der Waals surface area contributed by atoms with Gasteiger partial charge >= 0.3 is 0 Å². The second-order valence-electron chi connectivity index (χ2n) is 4.49. The maximum absolute atomic E-state index is 6.07. The van der Waals surface area contributed by atoms with Crippen LogP contribution in [0.5, 0.6) is 11.6 Å². The van der Waals surface area contributed by atoms with Gasteiger partial charge in [0.05, 0.1) is 5.02 Å². The highest BCUT2D eigenvalue weighted by Crippen LogP contribution is 2.37. The minimum absolute atomic E-state index is 0.161. The van der Waals surface area contributed by atoms with Crippen LogP contribution in [0.15, 0.2) is 28.7 Å². The van der Waals surface area contributed by atoms with Crippen LogP contribution in [-0.4, -0.2) is 4.98 Å². The lowest BCUT2D eigenvalue weighted by atomic mass is 10.0. The number of nitrogens with zero attached hydrogens (tertiary/aromatic N) is 1. The predicted octanol–water partition coefficient (Wildman–Crippen LogP) is 6.72. The van der Waals surface area contributed by atoms with Crippen LogP contribution >= 0.6 is 50.7 Å². The number of pyridine rings is 1. The maximum atomic E-state index is 6.07. The van der Waals surface area contributed by atoms with Crippen molar-refractivity contribution in [2.24, 2.45) is 0 Å². The van der Waals surface area contributed by atoms with Gasteiger partial charge in [-0.3, -0.25) is 0 Å². The molecule has 0 amide bonds. The van der Waals surface area contributed by atoms with Crippen LogP contribution in [-0.2, 0) is 0 Å². The van der Waals surface area contributed by atoms with Gasteiger partial charge in [0, 0.05) is 4.47 Å². The molecule has 2 nitrogen and oxygen atoms in total. The molecule has 0 unspecified atom stereocenters. The summed E-state index contributed by atoms with van der Waals surface area (Å²) in [7, 11) is 0. The smallest absolute Gasteiger partial charge is 0.239 e. The first kappa shape index (κ1) is 15.9. The Kier molecular flexibility index (Phi) is 5.19. The molecule has 0 aliphatic carbocycles. The molecule has 1 heterocycles. The van der Waals surface area contributed by atoms with Gasteiger partial charge < -0.3 is 4.74 Å². The highest BCUT2D eigenvalue weighted by atomic mass is 79.9. The van der Waals surface area contributed by atoms with Gasteiger partial charge in [0.2, 0.25) is 5.88 Å². The molecular weight excluding hydrogens is 384 g/mol. The largest absolute Gasteiger partial charge is 0.437 e. The van der Waals surface area contributed by atoms with E-state index in [0.717, 1.165) is 10.0 Å². The average molecular weight is 396 g/mol. The molecule has 6 heteroatoms. The first-order valence-electron chi connectivity index (χ1n) is 5.87. The van der Waals surface area contributed by atoms with Crippen molar-refractivity contribution in [3.05, 3.63) is 49.5 Å². The van der Waals surface area contributed by atoms with E-state index < -0.39 is 0 Å². The van der Waals surface area contributed by atoms with Gasteiger partial charge in [-0.25, -0.2) is 0 Å². The van der Waals surface area contributed by atoms with Crippen molar-refractivity contribution >= 4 is 50.7 Å². The third kappa shape index (κ3) is 3.59. The van der Waals surface area contributed by atoms with E-state index >= 15 is 0 Å². The molecule has 0 bridgehead atoms. The van der Waals surface area contributed by atoms with Crippen LogP contribution in [0.3, 0.4) is 0 Å². The molecule has 106 valence electrons. The fraction of sp³-hybridized carbons (Fsp3) is 0.214. The highest BCUT2D eigenvalue weighted by molar-refractivity contribution is 9.10. The first-order valence-corrected chi connectivity index (χ1v) is 7.80. The van der Waals surface area contributed by atoms with Crippen LogP contribution in [0.1, 0.15) is 25.3 Å². The molecule has 0 saturated carbocycles. The van der Waals surface area contributed by atoms with E-state index in [1.54, 1.807) is 0 Å². The van der Waals surface area contributed by atoms with Gasteiger partial charge in [-0.15, -0.1) is 0 Å². The van der Waals surface area contributed by atoms with Crippen LogP contribution in [0.2, 0.25) is 15.2 Å². The average Bonchev–Trinajstić information content (AvgIpc) is 2.37. The van der Waals surface area contributed by atoms with Crippen molar-refractivity contribution in [1.29, 1.82) is 0 Å². The maximum Gasteiger partial charge on any atom is 0.239 e. The minimum Gasteiger partial charge on any atom is -0.437 e. The Hall–Kier alpha value is -0.480. The predicted molar refractivity (Wildman–Crippen MR) is 87.6 cm³/mol. The minimum atomic E-state index is 0.161. The molecule has 0 aliphatic rings. The van der Waals surface area contributed by atoms with E-state index in [0.29, 0.717) is 21.7 Å². The molecule has 0 saturated heterocycles. The van der Waals surface area contributed by atoms with Gasteiger partial charge in [-0.1, -0.05) is 64.6 Å². The van der Waals surface area contributed by atoms with Crippen molar-refractivity contribution in [3.63, 3.8) is 0 Å². The van der Waals surface area contributed by atoms with Crippen LogP contribution in [0.4, 0.5) is 0 Å². The summed E-state index contributed by atoms with van der Waals surface area (Å²) in [5.41, 5.74) is 1.04. The number of hydrogen-bond acceptors (Lipinski definition) is 2. The summed E-state index contributed by atoms with van der Waals surface area (Å²) in [4.78, 5) is 4.06. The zero-order chi connectivity index (χ0) is 14.9. The molecule has 2 rings (SSSR count). The molecule has 0 aliphatic heterocycles. The van der Waals surface area contributed by atoms with Crippen molar-refractivity contribution < 1.29 is 4.74 Å². The lowest BCUT2D eigenvalue weighted by Gasteiger charge is -2.14. The zero-order valence-corrected chi connectivity index (χ0v) is 14.6. The summed E-state index contributed by atoms with van der Waals surface area (Å²) in [6.45, 7) is 4.16. The summed E-state index contributed by atoms with van der Waals surface area (Å²) >= 11 is 21.3. The third-order valence-corrected chi connectivity index (χ3v) is 4.09. The fourth-order valence-electron chi connectivity index (χ4n) is 1.67. The Morgan fingerprint density at radius 3 is 2.45 bits per heavy atom. The van der Waals surface area contributed by atoms with E-state index in [2.05, 4.69) is 34.8 Å². The number of aromatic nitrogens is 1. The number of hydrogen-bond donors (Lipinski definition) is 0. The van der Waals surface area contributed by atoms with Crippen molar-refractivity contribution in [2.45, 2.75) is 19.8 Å². The highest BCUT2D eigenvalue weighted by Gasteiger charge is 2.14. The number of rotatable bonds is 3. The Bertz CT molecular complexity index is 647. The van der Waals surface area contributed by atoms with E-state index in [4.69, 9.17) is 39.5 Å². The van der Waals surface area contributed by atoms with Gasteiger partial charge in [-0.2, -0.15) is 4.98 Å². The molecule has 0 spiro atoms. The SMILES string of the molecule is CC(C)c1cc(Br)ccc1Oc1nc(Cl)c(Cl)cc1Cl. The summed E-state index contributed by atoms with van der Waals surface area (Å²) in [5, 5.41) is 0.773. The molecule has 0 fully saturated rings. The van der Waals surface area contributed by atoms with Crippen molar-refractivity contribution in [2.75, 3.05) is 0 Å². The zero-order valence-electron chi connectivity index (χ0n) is 10.8. The normalized spacial score (nSPS) is 10.9. The topological polar surface area (TPSA) is 22.1 Å². The molecule has 0 radical (unpaired) electrons. The van der Waals surface area contributed by atoms with Gasteiger partial charge in [-0.05, 0) is 35.7 Å². The standard InChI is InChI=1S/C14H11BrCl3NO/c1-7(2)9-5-8(15)3-4-12(9)20-14-11(17)6-10(16)13(18)19-14/h3-7H,1-2H3. The van der Waals surface area contributed by atoms with Crippen molar-refractivity contribution in [1.82, 2.24) is 4.98 Å². The lowest BCUT2D eigenvalue weighted by molar-refractivity contribution is 0.454. The Morgan fingerprint density at radius 2 is 1.80 bits per heavy atom. The molecule has 1 aromatic heterocycles. The molecule has 0 atom stereocenters. The van der Waals surface area contributed by atoms with Crippen LogP contribution in [0, 0.1) is 0 Å². The molecular formula is C14H11BrCl3NO. The van der Waals surface area contributed by atoms with Crippen LogP contribution < -0.4 is 4.74 Å². The summed E-state index contributed by atoms with van der Waals surface area (Å²) < 4.78 is 6.77. The summed E-state index contributed by atoms with van der Waals surface area (Å²) in [5.74, 6) is 1.23. The van der Waals surface area contributed by atoms with E-state index in [9.17, 15) is 0 Å². The molecule has 1 aromatic carbocycles. The quantitative estimate of drug-likeness (QED) is 0.538. The Labute approximate surface area is 141 Å². The van der Waals surface area contributed by atoms with Crippen LogP contribution in [0.25, 0.3) is 0 Å². The van der Waals surface area contributed by atoms with E-state index in [-0.39, 0.29) is 11.0 Å². The van der Waals surface area contributed by atoms with Gasteiger partial charge in [0.15, 0.2) is 5.15 Å². The van der Waals surface area contributed by atoms with E-state index in [1.807, 2.05) is 18.2 Å². The summed E-state index contributed by atoms with van der Waals surface area (Å²) in [6.07, 6.45) is 0. The lowest BCUT2D eigenvalue weighted by Crippen LogP contribution is -1.96. The monoisotopic (exact) mass is 393 g/mol. The van der Waals surface area contributed by atoms with E-state index in [1.165, 1.54) is 6.07 Å². The molecule has 20 heavy (non-hydrogen) atoms. The fourth-order valence-corrected chi connectivity index (χ4v) is 2.57. The summed E-state index contributed by atoms with van der Waals surface area (Å²) in [6, 6.07) is 7.28. The molecule has 0 N–H and O–H groups in total. The second-order valence-corrected chi connectivity index (χ2v) is 6.57.